The first-order valence-corrected chi connectivity index (χ1v) is 20.1. The van der Waals surface area contributed by atoms with Crippen LogP contribution >= 0.6 is 0 Å². The number of benzene rings is 1. The van der Waals surface area contributed by atoms with E-state index in [9.17, 15) is 9.90 Å². The summed E-state index contributed by atoms with van der Waals surface area (Å²) in [6, 6.07) is 1.18. The average molecular weight is 684 g/mol. The molecule has 0 radical (unpaired) electrons. The maximum atomic E-state index is 15.2. The van der Waals surface area contributed by atoms with Crippen molar-refractivity contribution in [2.45, 2.75) is 103 Å². The van der Waals surface area contributed by atoms with Gasteiger partial charge in [-0.1, -0.05) is 47.5 Å². The predicted molar refractivity (Wildman–Crippen MR) is 186 cm³/mol. The van der Waals surface area contributed by atoms with Crippen LogP contribution < -0.4 is 19.9 Å². The van der Waals surface area contributed by atoms with Gasteiger partial charge in [-0.3, -0.25) is 14.5 Å². The van der Waals surface area contributed by atoms with Crippen LogP contribution in [0, 0.1) is 11.8 Å². The Hall–Kier alpha value is -3.35. The van der Waals surface area contributed by atoms with Gasteiger partial charge in [-0.15, -0.1) is 0 Å². The molecule has 0 amide bonds. The number of unbranched alkanes of at least 4 members (excludes halogenated alkanes) is 2. The summed E-state index contributed by atoms with van der Waals surface area (Å²) in [5.41, 5.74) is 6.12. The summed E-state index contributed by atoms with van der Waals surface area (Å²) >= 11 is 0. The molecule has 48 heavy (non-hydrogen) atoms. The van der Waals surface area contributed by atoms with Crippen molar-refractivity contribution in [3.05, 3.63) is 39.8 Å². The Morgan fingerprint density at radius 2 is 1.75 bits per heavy atom. The molecular weight excluding hydrogens is 630 g/mol. The lowest BCUT2D eigenvalue weighted by Gasteiger charge is -2.55. The average Bonchev–Trinajstić information content (AvgIpc) is 3.42. The number of hydrogen-bond acceptors (Lipinski definition) is 11. The Morgan fingerprint density at radius 1 is 1.10 bits per heavy atom. The van der Waals surface area contributed by atoms with Gasteiger partial charge in [0.1, 0.15) is 17.1 Å². The van der Waals surface area contributed by atoms with Crippen LogP contribution in [0.1, 0.15) is 105 Å². The fraction of sp³-hybridized carbons (Fsp3) is 0.639. The number of nitrogens with zero attached hydrogens (tertiary/aromatic N) is 2. The van der Waals surface area contributed by atoms with Gasteiger partial charge in [-0.25, -0.2) is 0 Å². The highest BCUT2D eigenvalue weighted by Gasteiger charge is 2.67. The van der Waals surface area contributed by atoms with Crippen molar-refractivity contribution in [1.29, 1.82) is 0 Å². The lowest BCUT2D eigenvalue weighted by Crippen LogP contribution is -2.65. The van der Waals surface area contributed by atoms with Crippen molar-refractivity contribution in [1.82, 2.24) is 10.1 Å². The number of nitrogens with two attached hydrogens (primary N) is 1. The molecule has 0 bridgehead atoms. The van der Waals surface area contributed by atoms with Crippen molar-refractivity contribution < 1.29 is 37.9 Å². The van der Waals surface area contributed by atoms with Crippen LogP contribution in [-0.4, -0.2) is 75.1 Å². The molecule has 0 spiro atoms. The number of carbonyl (C=O) groups is 2. The topological polar surface area (TPSA) is 147 Å². The van der Waals surface area contributed by atoms with Crippen LogP contribution in [0.25, 0.3) is 0 Å². The van der Waals surface area contributed by atoms with E-state index in [1.807, 2.05) is 39.0 Å². The van der Waals surface area contributed by atoms with Gasteiger partial charge in [0.15, 0.2) is 31.2 Å². The summed E-state index contributed by atoms with van der Waals surface area (Å²) in [4.78, 5) is 32.0. The molecule has 11 nitrogen and oxygen atoms in total. The molecular formula is C36H53N3O8Si. The van der Waals surface area contributed by atoms with Crippen molar-refractivity contribution >= 4 is 25.6 Å². The summed E-state index contributed by atoms with van der Waals surface area (Å²) in [7, 11) is 2.55. The van der Waals surface area contributed by atoms with E-state index in [2.05, 4.69) is 32.9 Å². The largest absolute Gasteiger partial charge is 0.508 e. The lowest BCUT2D eigenvalue weighted by molar-refractivity contribution is -0.0480. The minimum atomic E-state index is -2.82. The zero-order valence-corrected chi connectivity index (χ0v) is 31.2. The first-order chi connectivity index (χ1) is 22.6. The van der Waals surface area contributed by atoms with Crippen molar-refractivity contribution in [3.63, 3.8) is 0 Å². The molecule has 3 aliphatic rings. The molecule has 3 aliphatic carbocycles. The second-order valence-corrected chi connectivity index (χ2v) is 19.9. The number of rotatable bonds is 12. The number of carbonyl (C=O) groups excluding carboxylic acids is 2. The van der Waals surface area contributed by atoms with E-state index in [4.69, 9.17) is 28.9 Å². The van der Waals surface area contributed by atoms with Gasteiger partial charge in [0.25, 0.3) is 5.88 Å². The van der Waals surface area contributed by atoms with E-state index in [-0.39, 0.29) is 44.8 Å². The van der Waals surface area contributed by atoms with Crippen LogP contribution in [-0.2, 0) is 10.8 Å². The van der Waals surface area contributed by atoms with Crippen LogP contribution in [0.5, 0.6) is 17.4 Å². The van der Waals surface area contributed by atoms with E-state index < -0.39 is 43.4 Å². The number of anilines is 1. The number of fused-ring (bicyclic) bond motifs is 4. The maximum absolute atomic E-state index is 15.2. The standard InChI is InChI=1S/C36H53N3O8Si/c1-11-13-15-44-30-23(37)19-24(43-8)21-17-20-18-22-28(39(6)7)31-27(34(38-46-31)45-16-14-12-2)33(42)36(22,47-48(9,10)35(3,4)5)32(41)25(20)29(40)26(21)30/h19-20,22,28,41H,11-18,37H2,1-10H3/t20-,22-,28-,36-/m0/s1. The molecule has 0 aliphatic heterocycles. The van der Waals surface area contributed by atoms with E-state index in [0.717, 1.165) is 25.7 Å². The van der Waals surface area contributed by atoms with Gasteiger partial charge in [0, 0.05) is 23.1 Å². The molecule has 0 saturated carbocycles. The number of allylic oxidation sites excluding steroid dienone is 1. The SMILES string of the molecule is CCCCOc1noc2c1C(=O)[C@@]1(O[Si](C)(C)C(C)(C)C)C(O)=C3C(=O)c4c(c(OC)cc(N)c4OCCCC)C[C@H]3C[C@H]1[C@@H]2N(C)C. The van der Waals surface area contributed by atoms with E-state index in [0.29, 0.717) is 43.1 Å². The highest BCUT2D eigenvalue weighted by atomic mass is 28.4. The van der Waals surface area contributed by atoms with Crippen LogP contribution in [0.4, 0.5) is 5.69 Å². The Labute approximate surface area is 285 Å². The van der Waals surface area contributed by atoms with Gasteiger partial charge in [0.2, 0.25) is 5.78 Å². The third kappa shape index (κ3) is 5.63. The lowest BCUT2D eigenvalue weighted by atomic mass is 9.58. The zero-order chi connectivity index (χ0) is 35.3. The Bertz CT molecular complexity index is 1610. The normalized spacial score (nSPS) is 23.9. The maximum Gasteiger partial charge on any atom is 0.265 e. The molecule has 12 heteroatoms. The van der Waals surface area contributed by atoms with Gasteiger partial charge in [-0.05, 0) is 69.0 Å². The third-order valence-electron chi connectivity index (χ3n) is 10.8. The molecule has 0 saturated heterocycles. The minimum Gasteiger partial charge on any atom is -0.508 e. The molecule has 264 valence electrons. The number of nitrogen functional groups attached to an aromatic ring is 1. The second kappa shape index (κ2) is 13.2. The highest BCUT2D eigenvalue weighted by Crippen LogP contribution is 2.60. The smallest absolute Gasteiger partial charge is 0.265 e. The zero-order valence-electron chi connectivity index (χ0n) is 30.2. The first-order valence-electron chi connectivity index (χ1n) is 17.2. The highest BCUT2D eigenvalue weighted by molar-refractivity contribution is 6.74. The Balaban J connectivity index is 1.79. The van der Waals surface area contributed by atoms with Crippen LogP contribution in [0.15, 0.2) is 21.9 Å². The Morgan fingerprint density at radius 3 is 2.33 bits per heavy atom. The molecule has 5 rings (SSSR count). The number of Topliss-reactive ketones (excluding diaryl/α,β-unsaturated/α-hetero) is 2. The summed E-state index contributed by atoms with van der Waals surface area (Å²) < 4.78 is 31.0. The number of aromatic nitrogens is 1. The third-order valence-corrected chi connectivity index (χ3v) is 15.2. The van der Waals surface area contributed by atoms with Crippen molar-refractivity contribution in [2.75, 3.05) is 40.2 Å². The summed E-state index contributed by atoms with van der Waals surface area (Å²) in [6.07, 6.45) is 4.08. The molecule has 1 aromatic heterocycles. The summed E-state index contributed by atoms with van der Waals surface area (Å²) in [5.74, 6) is -1.10. The molecule has 4 atom stereocenters. The van der Waals surface area contributed by atoms with Gasteiger partial charge < -0.3 is 34.0 Å². The summed E-state index contributed by atoms with van der Waals surface area (Å²) in [6.45, 7) is 15.2. The molecule has 1 heterocycles. The molecule has 0 unspecified atom stereocenters. The van der Waals surface area contributed by atoms with Crippen molar-refractivity contribution in [2.24, 2.45) is 11.8 Å². The second-order valence-electron chi connectivity index (χ2n) is 15.2. The molecule has 3 N–H and O–H groups in total. The van der Waals surface area contributed by atoms with E-state index in [1.54, 1.807) is 13.2 Å². The van der Waals surface area contributed by atoms with E-state index >= 15 is 4.79 Å². The van der Waals surface area contributed by atoms with Crippen molar-refractivity contribution in [3.8, 4) is 17.4 Å². The number of ketones is 2. The molecule has 1 aromatic carbocycles. The summed E-state index contributed by atoms with van der Waals surface area (Å²) in [5, 5.41) is 16.6. The first kappa shape index (κ1) is 35.9. The number of hydrogen-bond donors (Lipinski definition) is 2. The Kier molecular flexibility index (Phi) is 9.86. The number of aliphatic hydroxyl groups excluding tert-OH is 1. The minimum absolute atomic E-state index is 0.0799. The quantitative estimate of drug-likeness (QED) is 0.135. The van der Waals surface area contributed by atoms with Crippen LogP contribution in [0.2, 0.25) is 18.1 Å². The fourth-order valence-electron chi connectivity index (χ4n) is 7.24. The fourth-order valence-corrected chi connectivity index (χ4v) is 8.69. The number of methoxy groups -OCH3 is 1. The van der Waals surface area contributed by atoms with Gasteiger partial charge >= 0.3 is 0 Å². The van der Waals surface area contributed by atoms with Gasteiger partial charge in [-0.2, -0.15) is 0 Å². The number of aliphatic hydroxyl groups is 1. The van der Waals surface area contributed by atoms with E-state index in [1.165, 1.54) is 0 Å². The predicted octanol–water partition coefficient (Wildman–Crippen LogP) is 7.07. The molecule has 2 aromatic rings. The number of ether oxygens (including phenoxy) is 3. The van der Waals surface area contributed by atoms with Gasteiger partial charge in [0.05, 0.1) is 37.6 Å². The van der Waals surface area contributed by atoms with Crippen LogP contribution in [0.3, 0.4) is 0 Å². The molecule has 0 fully saturated rings. The monoisotopic (exact) mass is 683 g/mol.